The van der Waals surface area contributed by atoms with E-state index in [9.17, 15) is 4.79 Å². The molecular formula is C18H25N3O2. The lowest BCUT2D eigenvalue weighted by Crippen LogP contribution is -2.38. The lowest BCUT2D eigenvalue weighted by atomic mass is 10.1. The molecule has 0 spiro atoms. The number of hydrogen-bond donors (Lipinski definition) is 1. The quantitative estimate of drug-likeness (QED) is 0.921. The second kappa shape index (κ2) is 7.04. The third-order valence-electron chi connectivity index (χ3n) is 4.66. The second-order valence-corrected chi connectivity index (χ2v) is 6.14. The molecule has 5 nitrogen and oxygen atoms in total. The van der Waals surface area contributed by atoms with Crippen LogP contribution in [-0.4, -0.2) is 48.7 Å². The van der Waals surface area contributed by atoms with Gasteiger partial charge in [-0.1, -0.05) is 12.5 Å². The maximum atomic E-state index is 12.5. The molecule has 124 valence electrons. The fourth-order valence-corrected chi connectivity index (χ4v) is 3.33. The van der Waals surface area contributed by atoms with Gasteiger partial charge < -0.3 is 19.5 Å². The molecule has 3 rings (SSSR count). The highest BCUT2D eigenvalue weighted by atomic mass is 16.5. The molecule has 1 saturated heterocycles. The Morgan fingerprint density at radius 3 is 2.78 bits per heavy atom. The van der Waals surface area contributed by atoms with Crippen molar-refractivity contribution in [2.24, 2.45) is 7.05 Å². The first-order chi connectivity index (χ1) is 11.2. The number of methoxy groups -OCH3 is 1. The van der Waals surface area contributed by atoms with Crippen LogP contribution in [-0.2, 0) is 7.05 Å². The molecule has 0 atom stereocenters. The van der Waals surface area contributed by atoms with Gasteiger partial charge >= 0.3 is 0 Å². The Bertz CT molecular complexity index is 687. The molecule has 0 bridgehead atoms. The van der Waals surface area contributed by atoms with Crippen molar-refractivity contribution in [2.45, 2.75) is 19.3 Å². The zero-order valence-electron chi connectivity index (χ0n) is 14.0. The van der Waals surface area contributed by atoms with E-state index < -0.39 is 0 Å². The zero-order valence-corrected chi connectivity index (χ0v) is 14.0. The summed E-state index contributed by atoms with van der Waals surface area (Å²) in [4.78, 5) is 14.9. The van der Waals surface area contributed by atoms with E-state index in [4.69, 9.17) is 4.74 Å². The molecule has 1 aliphatic heterocycles. The highest BCUT2D eigenvalue weighted by Gasteiger charge is 2.16. The van der Waals surface area contributed by atoms with Crippen molar-refractivity contribution in [3.63, 3.8) is 0 Å². The molecule has 1 amide bonds. The van der Waals surface area contributed by atoms with E-state index in [1.807, 2.05) is 35.9 Å². The minimum atomic E-state index is -0.0252. The van der Waals surface area contributed by atoms with Gasteiger partial charge in [0, 0.05) is 25.5 Å². The normalized spacial score (nSPS) is 15.7. The molecular weight excluding hydrogens is 290 g/mol. The first-order valence-electron chi connectivity index (χ1n) is 8.33. The van der Waals surface area contributed by atoms with E-state index >= 15 is 0 Å². The average molecular weight is 315 g/mol. The van der Waals surface area contributed by atoms with Gasteiger partial charge in [-0.2, -0.15) is 0 Å². The summed E-state index contributed by atoms with van der Waals surface area (Å²) < 4.78 is 7.31. The number of fused-ring (bicyclic) bond motifs is 1. The fourth-order valence-electron chi connectivity index (χ4n) is 3.33. The fraction of sp³-hybridized carbons (Fsp3) is 0.500. The van der Waals surface area contributed by atoms with Crippen LogP contribution in [0.25, 0.3) is 10.9 Å². The van der Waals surface area contributed by atoms with E-state index in [-0.39, 0.29) is 5.91 Å². The first-order valence-corrected chi connectivity index (χ1v) is 8.33. The molecule has 1 aromatic carbocycles. The Morgan fingerprint density at radius 1 is 1.26 bits per heavy atom. The lowest BCUT2D eigenvalue weighted by Gasteiger charge is -2.26. The van der Waals surface area contributed by atoms with Crippen molar-refractivity contribution in [1.29, 1.82) is 0 Å². The molecule has 0 unspecified atom stereocenters. The number of carbonyl (C=O) groups excluding carboxylic acids is 1. The van der Waals surface area contributed by atoms with Crippen LogP contribution in [0.15, 0.2) is 24.3 Å². The Morgan fingerprint density at radius 2 is 2.04 bits per heavy atom. The standard InChI is InChI=1S/C18H25N3O2/c1-20-15-7-6-8-17(23-2)14(15)13-16(20)18(22)19-9-12-21-10-4-3-5-11-21/h6-8,13H,3-5,9-12H2,1-2H3,(H,19,22). The number of rotatable bonds is 5. The molecule has 2 heterocycles. The Hall–Kier alpha value is -2.01. The predicted octanol–water partition coefficient (Wildman–Crippen LogP) is 2.40. The Kier molecular flexibility index (Phi) is 4.86. The zero-order chi connectivity index (χ0) is 16.2. The average Bonchev–Trinajstić information content (AvgIpc) is 2.93. The molecule has 5 heteroatoms. The van der Waals surface area contributed by atoms with Gasteiger partial charge in [0.2, 0.25) is 0 Å². The number of aryl methyl sites for hydroxylation is 1. The molecule has 1 aliphatic rings. The van der Waals surface area contributed by atoms with Gasteiger partial charge in [0.25, 0.3) is 5.91 Å². The summed E-state index contributed by atoms with van der Waals surface area (Å²) in [5.41, 5.74) is 1.67. The van der Waals surface area contributed by atoms with Crippen molar-refractivity contribution in [3.8, 4) is 5.75 Å². The molecule has 0 saturated carbocycles. The largest absolute Gasteiger partial charge is 0.496 e. The van der Waals surface area contributed by atoms with E-state index in [0.717, 1.165) is 36.3 Å². The number of ether oxygens (including phenoxy) is 1. The highest BCUT2D eigenvalue weighted by Crippen LogP contribution is 2.27. The Labute approximate surface area is 137 Å². The summed E-state index contributed by atoms with van der Waals surface area (Å²) in [6.07, 6.45) is 3.88. The number of nitrogens with zero attached hydrogens (tertiary/aromatic N) is 2. The maximum Gasteiger partial charge on any atom is 0.267 e. The number of nitrogens with one attached hydrogen (secondary N) is 1. The third-order valence-corrected chi connectivity index (χ3v) is 4.66. The van der Waals surface area contributed by atoms with Crippen LogP contribution < -0.4 is 10.1 Å². The van der Waals surface area contributed by atoms with Crippen molar-refractivity contribution in [1.82, 2.24) is 14.8 Å². The Balaban J connectivity index is 1.67. The van der Waals surface area contributed by atoms with Crippen LogP contribution >= 0.6 is 0 Å². The van der Waals surface area contributed by atoms with Gasteiger partial charge in [-0.15, -0.1) is 0 Å². The number of aromatic nitrogens is 1. The van der Waals surface area contributed by atoms with Crippen LogP contribution in [0.5, 0.6) is 5.75 Å². The minimum Gasteiger partial charge on any atom is -0.496 e. The van der Waals surface area contributed by atoms with Crippen LogP contribution in [0.3, 0.4) is 0 Å². The number of likely N-dealkylation sites (tertiary alicyclic amines) is 1. The molecule has 0 radical (unpaired) electrons. The minimum absolute atomic E-state index is 0.0252. The van der Waals surface area contributed by atoms with Crippen molar-refractivity contribution in [2.75, 3.05) is 33.3 Å². The summed E-state index contributed by atoms with van der Waals surface area (Å²) in [6, 6.07) is 7.77. The molecule has 1 fully saturated rings. The molecule has 1 aromatic heterocycles. The van der Waals surface area contributed by atoms with E-state index in [2.05, 4.69) is 10.2 Å². The van der Waals surface area contributed by atoms with Gasteiger partial charge in [0.05, 0.1) is 12.6 Å². The summed E-state index contributed by atoms with van der Waals surface area (Å²) in [6.45, 7) is 3.93. The molecule has 1 N–H and O–H groups in total. The van der Waals surface area contributed by atoms with Gasteiger partial charge in [0.1, 0.15) is 11.4 Å². The highest BCUT2D eigenvalue weighted by molar-refractivity contribution is 6.00. The van der Waals surface area contributed by atoms with Crippen LogP contribution in [0.2, 0.25) is 0 Å². The van der Waals surface area contributed by atoms with Gasteiger partial charge in [-0.25, -0.2) is 0 Å². The summed E-state index contributed by atoms with van der Waals surface area (Å²) in [5.74, 6) is 0.772. The van der Waals surface area contributed by atoms with Crippen LogP contribution in [0.1, 0.15) is 29.8 Å². The lowest BCUT2D eigenvalue weighted by molar-refractivity contribution is 0.0939. The van der Waals surface area contributed by atoms with Gasteiger partial charge in [-0.3, -0.25) is 4.79 Å². The van der Waals surface area contributed by atoms with Crippen molar-refractivity contribution < 1.29 is 9.53 Å². The molecule has 2 aromatic rings. The summed E-state index contributed by atoms with van der Waals surface area (Å²) in [5, 5.41) is 4.01. The summed E-state index contributed by atoms with van der Waals surface area (Å²) >= 11 is 0. The molecule has 0 aliphatic carbocycles. The number of carbonyl (C=O) groups is 1. The van der Waals surface area contributed by atoms with Crippen LogP contribution in [0.4, 0.5) is 0 Å². The monoisotopic (exact) mass is 315 g/mol. The van der Waals surface area contributed by atoms with Crippen molar-refractivity contribution >= 4 is 16.8 Å². The topological polar surface area (TPSA) is 46.5 Å². The van der Waals surface area contributed by atoms with Gasteiger partial charge in [0.15, 0.2) is 0 Å². The number of amides is 1. The number of piperidine rings is 1. The van der Waals surface area contributed by atoms with E-state index in [0.29, 0.717) is 12.2 Å². The van der Waals surface area contributed by atoms with Crippen LogP contribution in [0, 0.1) is 0 Å². The second-order valence-electron chi connectivity index (χ2n) is 6.14. The maximum absolute atomic E-state index is 12.5. The summed E-state index contributed by atoms with van der Waals surface area (Å²) in [7, 11) is 3.57. The van der Waals surface area contributed by atoms with Crippen molar-refractivity contribution in [3.05, 3.63) is 30.0 Å². The number of benzene rings is 1. The van der Waals surface area contributed by atoms with Gasteiger partial charge in [-0.05, 0) is 44.1 Å². The van der Waals surface area contributed by atoms with E-state index in [1.54, 1.807) is 7.11 Å². The van der Waals surface area contributed by atoms with E-state index in [1.165, 1.54) is 19.3 Å². The SMILES string of the molecule is COc1cccc2c1cc(C(=O)NCCN1CCCCC1)n2C. The third kappa shape index (κ3) is 3.34. The first kappa shape index (κ1) is 15.9. The number of hydrogen-bond acceptors (Lipinski definition) is 3. The predicted molar refractivity (Wildman–Crippen MR) is 92.1 cm³/mol. The smallest absolute Gasteiger partial charge is 0.267 e. The molecule has 23 heavy (non-hydrogen) atoms.